The number of phenolic OH excluding ortho intramolecular Hbond substituents is 1. The normalized spacial score (nSPS) is 12.3. The predicted molar refractivity (Wildman–Crippen MR) is 83.7 cm³/mol. The van der Waals surface area contributed by atoms with Gasteiger partial charge >= 0.3 is 0 Å². The van der Waals surface area contributed by atoms with E-state index in [0.717, 1.165) is 23.7 Å². The van der Waals surface area contributed by atoms with E-state index in [4.69, 9.17) is 0 Å². The van der Waals surface area contributed by atoms with Gasteiger partial charge in [-0.15, -0.1) is 0 Å². The fraction of sp³-hybridized carbons (Fsp3) is 0.600. The quantitative estimate of drug-likeness (QED) is 0.401. The molecule has 1 atom stereocenters. The molecule has 5 heteroatoms. The molecule has 0 saturated heterocycles. The van der Waals surface area contributed by atoms with E-state index < -0.39 is 6.04 Å². The second-order valence-electron chi connectivity index (χ2n) is 5.12. The molecule has 20 heavy (non-hydrogen) atoms. The minimum absolute atomic E-state index is 0.131. The number of rotatable bonds is 9. The summed E-state index contributed by atoms with van der Waals surface area (Å²) >= 11 is 3.32. The molecular formula is C15H22BrNO3. The highest BCUT2D eigenvalue weighted by Crippen LogP contribution is 2.24. The van der Waals surface area contributed by atoms with E-state index in [2.05, 4.69) is 22.9 Å². The summed E-state index contributed by atoms with van der Waals surface area (Å²) in [6.45, 7) is 2.15. The molecule has 1 aromatic rings. The van der Waals surface area contributed by atoms with Crippen molar-refractivity contribution >= 4 is 15.9 Å². The molecule has 1 rings (SSSR count). The zero-order chi connectivity index (χ0) is 15.0. The third-order valence-corrected chi connectivity index (χ3v) is 3.93. The minimum Gasteiger partial charge on any atom is -0.508 e. The summed E-state index contributed by atoms with van der Waals surface area (Å²) in [4.78, 5) is 10.9. The maximum atomic E-state index is 11.1. The van der Waals surface area contributed by atoms with Gasteiger partial charge in [-0.1, -0.05) is 48.5 Å². The van der Waals surface area contributed by atoms with E-state index in [-0.39, 0.29) is 17.1 Å². The maximum Gasteiger partial charge on any atom is 0.217 e. The molecule has 0 fully saturated rings. The minimum atomic E-state index is -0.614. The number of halogens is 1. The summed E-state index contributed by atoms with van der Waals surface area (Å²) < 4.78 is 0.829. The fourth-order valence-corrected chi connectivity index (χ4v) is 2.65. The summed E-state index contributed by atoms with van der Waals surface area (Å²) in [7, 11) is 0. The number of aromatic hydroxyl groups is 1. The molecule has 0 spiro atoms. The Morgan fingerprint density at radius 3 is 2.65 bits per heavy atom. The van der Waals surface area contributed by atoms with E-state index in [0.29, 0.717) is 12.0 Å². The summed E-state index contributed by atoms with van der Waals surface area (Å²) in [6, 6.07) is 4.43. The van der Waals surface area contributed by atoms with Gasteiger partial charge in [-0.25, -0.2) is 0 Å². The number of benzene rings is 1. The summed E-state index contributed by atoms with van der Waals surface area (Å²) in [5.74, 6) is 0.131. The van der Waals surface area contributed by atoms with E-state index in [1.54, 1.807) is 18.2 Å². The molecule has 0 heterocycles. The standard InChI is InChI=1S/C15H22BrNO3/c1-2-3-4-5-6-7-14(17(19)20)11-12-10-13(16)8-9-15(12)18/h8-10,14,18H,2-7,11H2,1H3. The average molecular weight is 344 g/mol. The predicted octanol–water partition coefficient (Wildman–Crippen LogP) is 4.70. The van der Waals surface area contributed by atoms with Crippen molar-refractivity contribution in [3.8, 4) is 5.75 Å². The van der Waals surface area contributed by atoms with Gasteiger partial charge in [-0.05, 0) is 24.6 Å². The van der Waals surface area contributed by atoms with Crippen LogP contribution >= 0.6 is 15.9 Å². The van der Waals surface area contributed by atoms with Crippen LogP contribution in [0.2, 0.25) is 0 Å². The topological polar surface area (TPSA) is 63.4 Å². The van der Waals surface area contributed by atoms with Crippen LogP contribution in [0.5, 0.6) is 5.75 Å². The molecule has 112 valence electrons. The Hall–Kier alpha value is -1.10. The van der Waals surface area contributed by atoms with Crippen molar-refractivity contribution in [2.45, 2.75) is 57.9 Å². The maximum absolute atomic E-state index is 11.1. The Balaban J connectivity index is 2.54. The van der Waals surface area contributed by atoms with Crippen LogP contribution in [0.3, 0.4) is 0 Å². The fourth-order valence-electron chi connectivity index (χ4n) is 2.24. The van der Waals surface area contributed by atoms with Crippen molar-refractivity contribution in [1.82, 2.24) is 0 Å². The molecular weight excluding hydrogens is 322 g/mol. The first kappa shape index (κ1) is 17.0. The molecule has 0 bridgehead atoms. The number of hydrogen-bond donors (Lipinski definition) is 1. The smallest absolute Gasteiger partial charge is 0.217 e. The summed E-state index contributed by atoms with van der Waals surface area (Å²) in [6.07, 6.45) is 6.28. The molecule has 0 amide bonds. The average Bonchev–Trinajstić information content (AvgIpc) is 2.40. The second kappa shape index (κ2) is 8.95. The van der Waals surface area contributed by atoms with Gasteiger partial charge in [0.25, 0.3) is 0 Å². The molecule has 0 radical (unpaired) electrons. The Morgan fingerprint density at radius 1 is 1.30 bits per heavy atom. The Kier molecular flexibility index (Phi) is 7.59. The second-order valence-corrected chi connectivity index (χ2v) is 6.03. The highest BCUT2D eigenvalue weighted by molar-refractivity contribution is 9.10. The van der Waals surface area contributed by atoms with Crippen molar-refractivity contribution in [2.75, 3.05) is 0 Å². The van der Waals surface area contributed by atoms with Crippen molar-refractivity contribution in [2.24, 2.45) is 0 Å². The Bertz CT molecular complexity index is 437. The molecule has 1 unspecified atom stereocenters. The van der Waals surface area contributed by atoms with Crippen LogP contribution in [-0.4, -0.2) is 16.1 Å². The van der Waals surface area contributed by atoms with Crippen LogP contribution in [0, 0.1) is 10.1 Å². The molecule has 0 aliphatic rings. The van der Waals surface area contributed by atoms with Gasteiger partial charge in [0, 0.05) is 27.8 Å². The van der Waals surface area contributed by atoms with Crippen molar-refractivity contribution in [1.29, 1.82) is 0 Å². The zero-order valence-corrected chi connectivity index (χ0v) is 13.4. The van der Waals surface area contributed by atoms with Gasteiger partial charge in [0.15, 0.2) is 0 Å². The van der Waals surface area contributed by atoms with Crippen LogP contribution < -0.4 is 0 Å². The van der Waals surface area contributed by atoms with Crippen LogP contribution in [0.1, 0.15) is 51.0 Å². The first-order valence-corrected chi connectivity index (χ1v) is 7.94. The largest absolute Gasteiger partial charge is 0.508 e. The van der Waals surface area contributed by atoms with Crippen molar-refractivity contribution in [3.63, 3.8) is 0 Å². The number of nitro groups is 1. The SMILES string of the molecule is CCCCCCCC(Cc1cc(Br)ccc1O)[N+](=O)[O-]. The van der Waals surface area contributed by atoms with Crippen LogP contribution in [0.4, 0.5) is 0 Å². The van der Waals surface area contributed by atoms with Gasteiger partial charge in [0.05, 0.1) is 0 Å². The number of unbranched alkanes of at least 4 members (excludes halogenated alkanes) is 4. The van der Waals surface area contributed by atoms with Crippen molar-refractivity contribution in [3.05, 3.63) is 38.3 Å². The summed E-state index contributed by atoms with van der Waals surface area (Å²) in [5, 5.41) is 20.9. The Labute approximate surface area is 128 Å². The van der Waals surface area contributed by atoms with E-state index >= 15 is 0 Å². The van der Waals surface area contributed by atoms with Gasteiger partial charge in [0.2, 0.25) is 6.04 Å². The lowest BCUT2D eigenvalue weighted by molar-refractivity contribution is -0.523. The lowest BCUT2D eigenvalue weighted by atomic mass is 10.00. The third kappa shape index (κ3) is 5.90. The van der Waals surface area contributed by atoms with Crippen molar-refractivity contribution < 1.29 is 10.0 Å². The number of hydrogen-bond acceptors (Lipinski definition) is 3. The van der Waals surface area contributed by atoms with Gasteiger partial charge in [-0.2, -0.15) is 0 Å². The highest BCUT2D eigenvalue weighted by atomic mass is 79.9. The van der Waals surface area contributed by atoms with Gasteiger partial charge < -0.3 is 5.11 Å². The van der Waals surface area contributed by atoms with E-state index in [1.165, 1.54) is 12.8 Å². The Morgan fingerprint density at radius 2 is 2.00 bits per heavy atom. The van der Waals surface area contributed by atoms with Crippen LogP contribution in [-0.2, 0) is 6.42 Å². The molecule has 0 aliphatic carbocycles. The third-order valence-electron chi connectivity index (χ3n) is 3.44. The van der Waals surface area contributed by atoms with Gasteiger partial charge in [0.1, 0.15) is 5.75 Å². The number of phenols is 1. The van der Waals surface area contributed by atoms with Gasteiger partial charge in [-0.3, -0.25) is 10.1 Å². The van der Waals surface area contributed by atoms with E-state index in [9.17, 15) is 15.2 Å². The lowest BCUT2D eigenvalue weighted by Crippen LogP contribution is -2.22. The lowest BCUT2D eigenvalue weighted by Gasteiger charge is -2.11. The molecule has 1 aromatic carbocycles. The number of nitrogens with zero attached hydrogens (tertiary/aromatic N) is 1. The van der Waals surface area contributed by atoms with E-state index in [1.807, 2.05) is 0 Å². The van der Waals surface area contributed by atoms with Crippen LogP contribution in [0.25, 0.3) is 0 Å². The zero-order valence-electron chi connectivity index (χ0n) is 11.8. The first-order chi connectivity index (χ1) is 9.54. The molecule has 0 saturated carbocycles. The molecule has 4 nitrogen and oxygen atoms in total. The summed E-state index contributed by atoms with van der Waals surface area (Å²) in [5.41, 5.74) is 0.634. The van der Waals surface area contributed by atoms with Crippen LogP contribution in [0.15, 0.2) is 22.7 Å². The monoisotopic (exact) mass is 343 g/mol. The molecule has 0 aromatic heterocycles. The first-order valence-electron chi connectivity index (χ1n) is 7.15. The highest BCUT2D eigenvalue weighted by Gasteiger charge is 2.21. The molecule has 0 aliphatic heterocycles. The molecule has 1 N–H and O–H groups in total.